The van der Waals surface area contributed by atoms with Crippen LogP contribution in [0, 0.1) is 5.92 Å². The molecule has 0 aromatic heterocycles. The molecular formula is C12H13BrCl2O. The summed E-state index contributed by atoms with van der Waals surface area (Å²) in [6.07, 6.45) is 0.805. The number of benzene rings is 1. The summed E-state index contributed by atoms with van der Waals surface area (Å²) >= 11 is 15.1. The molecule has 0 aliphatic heterocycles. The molecule has 0 amide bonds. The molecule has 0 aliphatic rings. The smallest absolute Gasteiger partial charge is 0.176 e. The molecule has 0 bridgehead atoms. The van der Waals surface area contributed by atoms with E-state index in [0.717, 1.165) is 6.42 Å². The molecule has 1 aromatic carbocycles. The Morgan fingerprint density at radius 3 is 2.44 bits per heavy atom. The predicted molar refractivity (Wildman–Crippen MR) is 73.0 cm³/mol. The number of carbonyl (C=O) groups excluding carboxylic acids is 1. The highest BCUT2D eigenvalue weighted by Gasteiger charge is 2.18. The minimum Gasteiger partial charge on any atom is -0.293 e. The Labute approximate surface area is 114 Å². The molecule has 0 spiro atoms. The fraction of sp³-hybridized carbons (Fsp3) is 0.417. The second-order valence-electron chi connectivity index (χ2n) is 4.09. The van der Waals surface area contributed by atoms with Gasteiger partial charge in [0.25, 0.3) is 0 Å². The van der Waals surface area contributed by atoms with Gasteiger partial charge in [-0.15, -0.1) is 0 Å². The number of ketones is 1. The number of hydrogen-bond donors (Lipinski definition) is 0. The SMILES string of the molecule is CC(C)CC(Br)C(=O)c1ccc(Cl)c(Cl)c1. The Balaban J connectivity index is 2.84. The van der Waals surface area contributed by atoms with Gasteiger partial charge in [-0.1, -0.05) is 53.0 Å². The molecule has 0 fully saturated rings. The monoisotopic (exact) mass is 322 g/mol. The third-order valence-corrected chi connectivity index (χ3v) is 3.70. The van der Waals surface area contributed by atoms with Gasteiger partial charge < -0.3 is 0 Å². The van der Waals surface area contributed by atoms with E-state index in [0.29, 0.717) is 21.5 Å². The van der Waals surface area contributed by atoms with Crippen LogP contribution >= 0.6 is 39.1 Å². The van der Waals surface area contributed by atoms with Gasteiger partial charge in [0, 0.05) is 5.56 Å². The first-order chi connectivity index (χ1) is 7.41. The molecule has 16 heavy (non-hydrogen) atoms. The second kappa shape index (κ2) is 6.04. The largest absolute Gasteiger partial charge is 0.293 e. The van der Waals surface area contributed by atoms with Crippen LogP contribution in [0.2, 0.25) is 10.0 Å². The van der Waals surface area contributed by atoms with Crippen LogP contribution in [0.5, 0.6) is 0 Å². The van der Waals surface area contributed by atoms with Crippen molar-refractivity contribution >= 4 is 44.9 Å². The van der Waals surface area contributed by atoms with Crippen LogP contribution in [0.15, 0.2) is 18.2 Å². The molecule has 1 aromatic rings. The van der Waals surface area contributed by atoms with Crippen LogP contribution < -0.4 is 0 Å². The van der Waals surface area contributed by atoms with Crippen molar-refractivity contribution in [3.63, 3.8) is 0 Å². The fourth-order valence-corrected chi connectivity index (χ4v) is 2.66. The highest BCUT2D eigenvalue weighted by atomic mass is 79.9. The van der Waals surface area contributed by atoms with Crippen LogP contribution in [-0.2, 0) is 0 Å². The van der Waals surface area contributed by atoms with E-state index in [1.165, 1.54) is 0 Å². The molecular weight excluding hydrogens is 311 g/mol. The van der Waals surface area contributed by atoms with Gasteiger partial charge in [0.15, 0.2) is 5.78 Å². The summed E-state index contributed by atoms with van der Waals surface area (Å²) in [5.74, 6) is 0.517. The minimum absolute atomic E-state index is 0.0484. The molecule has 4 heteroatoms. The average Bonchev–Trinajstić information content (AvgIpc) is 2.20. The maximum absolute atomic E-state index is 12.0. The molecule has 1 nitrogen and oxygen atoms in total. The van der Waals surface area contributed by atoms with Gasteiger partial charge in [0.2, 0.25) is 0 Å². The van der Waals surface area contributed by atoms with Gasteiger partial charge in [-0.2, -0.15) is 0 Å². The molecule has 1 atom stereocenters. The second-order valence-corrected chi connectivity index (χ2v) is 6.01. The summed E-state index contributed by atoms with van der Waals surface area (Å²) < 4.78 is 0. The average molecular weight is 324 g/mol. The van der Waals surface area contributed by atoms with E-state index >= 15 is 0 Å². The first kappa shape index (κ1) is 14.0. The summed E-state index contributed by atoms with van der Waals surface area (Å²) in [7, 11) is 0. The summed E-state index contributed by atoms with van der Waals surface area (Å²) in [5.41, 5.74) is 0.594. The molecule has 1 unspecified atom stereocenters. The van der Waals surface area contributed by atoms with Gasteiger partial charge in [-0.25, -0.2) is 0 Å². The number of Topliss-reactive ketones (excluding diaryl/α,β-unsaturated/α-hetero) is 1. The van der Waals surface area contributed by atoms with E-state index in [9.17, 15) is 4.79 Å². The zero-order valence-corrected chi connectivity index (χ0v) is 12.2. The van der Waals surface area contributed by atoms with E-state index < -0.39 is 0 Å². The van der Waals surface area contributed by atoms with Gasteiger partial charge in [0.05, 0.1) is 14.9 Å². The molecule has 0 saturated heterocycles. The minimum atomic E-state index is -0.162. The lowest BCUT2D eigenvalue weighted by molar-refractivity contribution is 0.0984. The Morgan fingerprint density at radius 1 is 1.31 bits per heavy atom. The van der Waals surface area contributed by atoms with Crippen molar-refractivity contribution in [3.05, 3.63) is 33.8 Å². The van der Waals surface area contributed by atoms with Crippen LogP contribution in [0.1, 0.15) is 30.6 Å². The summed E-state index contributed by atoms with van der Waals surface area (Å²) in [6.45, 7) is 4.16. The van der Waals surface area contributed by atoms with Crippen molar-refractivity contribution in [1.82, 2.24) is 0 Å². The first-order valence-corrected chi connectivity index (χ1v) is 6.72. The Bertz CT molecular complexity index is 391. The highest BCUT2D eigenvalue weighted by molar-refractivity contribution is 9.10. The van der Waals surface area contributed by atoms with Gasteiger partial charge in [-0.3, -0.25) is 4.79 Å². The van der Waals surface area contributed by atoms with E-state index in [4.69, 9.17) is 23.2 Å². The Hall–Kier alpha value is -0.0500. The highest BCUT2D eigenvalue weighted by Crippen LogP contribution is 2.25. The Morgan fingerprint density at radius 2 is 1.94 bits per heavy atom. The molecule has 0 heterocycles. The van der Waals surface area contributed by atoms with Crippen LogP contribution in [0.3, 0.4) is 0 Å². The molecule has 0 radical (unpaired) electrons. The van der Waals surface area contributed by atoms with E-state index in [2.05, 4.69) is 29.8 Å². The third kappa shape index (κ3) is 3.76. The standard InChI is InChI=1S/C12H13BrCl2O/c1-7(2)5-9(13)12(16)8-3-4-10(14)11(15)6-8/h3-4,6-7,9H,5H2,1-2H3. The normalized spacial score (nSPS) is 12.9. The number of carbonyl (C=O) groups is 1. The topological polar surface area (TPSA) is 17.1 Å². The number of rotatable bonds is 4. The van der Waals surface area contributed by atoms with E-state index in [-0.39, 0.29) is 10.6 Å². The van der Waals surface area contributed by atoms with Gasteiger partial charge in [-0.05, 0) is 30.5 Å². The summed E-state index contributed by atoms with van der Waals surface area (Å²) in [6, 6.07) is 4.96. The summed E-state index contributed by atoms with van der Waals surface area (Å²) in [5, 5.41) is 0.880. The molecule has 0 aliphatic carbocycles. The summed E-state index contributed by atoms with van der Waals surface area (Å²) in [4.78, 5) is 11.8. The zero-order chi connectivity index (χ0) is 12.3. The number of alkyl halides is 1. The lowest BCUT2D eigenvalue weighted by Gasteiger charge is -2.11. The quantitative estimate of drug-likeness (QED) is 0.563. The molecule has 0 saturated carbocycles. The predicted octanol–water partition coefficient (Wildman–Crippen LogP) is 4.99. The number of hydrogen-bond acceptors (Lipinski definition) is 1. The third-order valence-electron chi connectivity index (χ3n) is 2.17. The maximum atomic E-state index is 12.0. The van der Waals surface area contributed by atoms with Crippen molar-refractivity contribution < 1.29 is 4.79 Å². The molecule has 1 rings (SSSR count). The van der Waals surface area contributed by atoms with Crippen molar-refractivity contribution in [2.75, 3.05) is 0 Å². The van der Waals surface area contributed by atoms with Gasteiger partial charge in [0.1, 0.15) is 0 Å². The molecule has 0 N–H and O–H groups in total. The van der Waals surface area contributed by atoms with Crippen molar-refractivity contribution in [3.8, 4) is 0 Å². The van der Waals surface area contributed by atoms with Crippen molar-refractivity contribution in [1.29, 1.82) is 0 Å². The van der Waals surface area contributed by atoms with E-state index in [1.54, 1.807) is 18.2 Å². The fourth-order valence-electron chi connectivity index (χ4n) is 1.35. The van der Waals surface area contributed by atoms with Crippen LogP contribution in [0.25, 0.3) is 0 Å². The van der Waals surface area contributed by atoms with Crippen molar-refractivity contribution in [2.24, 2.45) is 5.92 Å². The Kier molecular flexibility index (Phi) is 5.29. The van der Waals surface area contributed by atoms with Gasteiger partial charge >= 0.3 is 0 Å². The van der Waals surface area contributed by atoms with Crippen LogP contribution in [-0.4, -0.2) is 10.6 Å². The number of halogens is 3. The van der Waals surface area contributed by atoms with Crippen LogP contribution in [0.4, 0.5) is 0 Å². The maximum Gasteiger partial charge on any atom is 0.176 e. The lowest BCUT2D eigenvalue weighted by atomic mass is 10.0. The van der Waals surface area contributed by atoms with E-state index in [1.807, 2.05) is 0 Å². The first-order valence-electron chi connectivity index (χ1n) is 5.05. The molecule has 88 valence electrons. The lowest BCUT2D eigenvalue weighted by Crippen LogP contribution is -2.16. The van der Waals surface area contributed by atoms with Crippen molar-refractivity contribution in [2.45, 2.75) is 25.1 Å². The zero-order valence-electron chi connectivity index (χ0n) is 9.14.